The summed E-state index contributed by atoms with van der Waals surface area (Å²) in [5, 5.41) is 31.5. The van der Waals surface area contributed by atoms with Crippen molar-refractivity contribution in [3.05, 3.63) is 59.9 Å². The average Bonchev–Trinajstić information content (AvgIpc) is 2.58. The Kier molecular flexibility index (Phi) is 5.90. The fourth-order valence-corrected chi connectivity index (χ4v) is 1.90. The van der Waals surface area contributed by atoms with Gasteiger partial charge in [-0.1, -0.05) is 30.3 Å². The molecule has 0 saturated carbocycles. The lowest BCUT2D eigenvalue weighted by Gasteiger charge is -2.18. The molecule has 2 aromatic rings. The Hall–Kier alpha value is -2.64. The van der Waals surface area contributed by atoms with Gasteiger partial charge in [0, 0.05) is 18.3 Å². The highest BCUT2D eigenvalue weighted by atomic mass is 16.5. The SMILES string of the molecule is O=C(NCC(O)C(O)c1cncc(O)c1)OCc1ccccc1. The number of aromatic hydroxyl groups is 1. The Balaban J connectivity index is 1.77. The number of carbonyl (C=O) groups excluding carboxylic acids is 1. The zero-order valence-corrected chi connectivity index (χ0v) is 12.3. The summed E-state index contributed by atoms with van der Waals surface area (Å²) in [4.78, 5) is 15.3. The van der Waals surface area contributed by atoms with Crippen molar-refractivity contribution < 1.29 is 24.9 Å². The van der Waals surface area contributed by atoms with Gasteiger partial charge in [-0.15, -0.1) is 0 Å². The van der Waals surface area contributed by atoms with Gasteiger partial charge in [0.15, 0.2) is 0 Å². The first kappa shape index (κ1) is 16.7. The van der Waals surface area contributed by atoms with Crippen LogP contribution in [0.2, 0.25) is 0 Å². The maximum absolute atomic E-state index is 11.6. The molecular weight excluding hydrogens is 300 g/mol. The Bertz CT molecular complexity index is 635. The highest BCUT2D eigenvalue weighted by Gasteiger charge is 2.20. The topological polar surface area (TPSA) is 112 Å². The quantitative estimate of drug-likeness (QED) is 0.635. The lowest BCUT2D eigenvalue weighted by atomic mass is 10.1. The van der Waals surface area contributed by atoms with Gasteiger partial charge in [-0.3, -0.25) is 4.98 Å². The van der Waals surface area contributed by atoms with E-state index in [1.807, 2.05) is 30.3 Å². The molecule has 7 heteroatoms. The number of hydrogen-bond donors (Lipinski definition) is 4. The molecule has 122 valence electrons. The molecule has 4 N–H and O–H groups in total. The van der Waals surface area contributed by atoms with E-state index in [-0.39, 0.29) is 24.5 Å². The van der Waals surface area contributed by atoms with Gasteiger partial charge in [0.1, 0.15) is 24.6 Å². The van der Waals surface area contributed by atoms with Crippen molar-refractivity contribution >= 4 is 6.09 Å². The van der Waals surface area contributed by atoms with Gasteiger partial charge in [-0.2, -0.15) is 0 Å². The van der Waals surface area contributed by atoms with E-state index in [2.05, 4.69) is 10.3 Å². The van der Waals surface area contributed by atoms with Crippen LogP contribution in [0.1, 0.15) is 17.2 Å². The van der Waals surface area contributed by atoms with Crippen molar-refractivity contribution in [2.45, 2.75) is 18.8 Å². The van der Waals surface area contributed by atoms with Crippen LogP contribution in [0.4, 0.5) is 4.79 Å². The van der Waals surface area contributed by atoms with Crippen molar-refractivity contribution in [3.63, 3.8) is 0 Å². The first-order valence-corrected chi connectivity index (χ1v) is 7.01. The number of hydrogen-bond acceptors (Lipinski definition) is 6. The number of carbonyl (C=O) groups is 1. The van der Waals surface area contributed by atoms with Crippen molar-refractivity contribution in [1.82, 2.24) is 10.3 Å². The minimum atomic E-state index is -1.29. The maximum atomic E-state index is 11.6. The van der Waals surface area contributed by atoms with E-state index in [9.17, 15) is 20.1 Å². The van der Waals surface area contributed by atoms with Gasteiger partial charge >= 0.3 is 6.09 Å². The highest BCUT2D eigenvalue weighted by Crippen LogP contribution is 2.19. The fourth-order valence-electron chi connectivity index (χ4n) is 1.90. The summed E-state index contributed by atoms with van der Waals surface area (Å²) < 4.78 is 4.99. The predicted octanol–water partition coefficient (Wildman–Crippen LogP) is 1.11. The van der Waals surface area contributed by atoms with Gasteiger partial charge in [0.25, 0.3) is 0 Å². The molecule has 1 amide bonds. The van der Waals surface area contributed by atoms with Gasteiger partial charge < -0.3 is 25.4 Å². The summed E-state index contributed by atoms with van der Waals surface area (Å²) >= 11 is 0. The molecule has 0 bridgehead atoms. The molecule has 0 radical (unpaired) electrons. The smallest absolute Gasteiger partial charge is 0.407 e. The number of nitrogens with zero attached hydrogens (tertiary/aromatic N) is 1. The van der Waals surface area contributed by atoms with Crippen molar-refractivity contribution in [2.75, 3.05) is 6.54 Å². The number of benzene rings is 1. The fraction of sp³-hybridized carbons (Fsp3) is 0.250. The number of amides is 1. The first-order chi connectivity index (χ1) is 11.1. The number of rotatable bonds is 6. The van der Waals surface area contributed by atoms with Crippen molar-refractivity contribution in [1.29, 1.82) is 0 Å². The molecule has 1 heterocycles. The number of aliphatic hydroxyl groups excluding tert-OH is 2. The molecule has 2 unspecified atom stereocenters. The number of ether oxygens (including phenoxy) is 1. The van der Waals surface area contributed by atoms with Gasteiger partial charge in [-0.05, 0) is 11.6 Å². The standard InChI is InChI=1S/C16H18N2O5/c19-13-6-12(7-17-8-13)15(21)14(20)9-18-16(22)23-10-11-4-2-1-3-5-11/h1-8,14-15,19-21H,9-10H2,(H,18,22). The van der Waals surface area contributed by atoms with Crippen LogP contribution in [0.5, 0.6) is 5.75 Å². The molecule has 0 saturated heterocycles. The van der Waals surface area contributed by atoms with Gasteiger partial charge in [0.05, 0.1) is 6.20 Å². The molecule has 0 spiro atoms. The Morgan fingerprint density at radius 2 is 1.96 bits per heavy atom. The van der Waals surface area contributed by atoms with Gasteiger partial charge in [0.2, 0.25) is 0 Å². The summed E-state index contributed by atoms with van der Waals surface area (Å²) in [5.74, 6) is -0.121. The Morgan fingerprint density at radius 3 is 2.65 bits per heavy atom. The Morgan fingerprint density at radius 1 is 1.22 bits per heavy atom. The number of alkyl carbamates (subject to hydrolysis) is 1. The average molecular weight is 318 g/mol. The molecule has 1 aromatic carbocycles. The molecule has 0 aliphatic heterocycles. The lowest BCUT2D eigenvalue weighted by molar-refractivity contribution is 0.0181. The van der Waals surface area contributed by atoms with Crippen molar-refractivity contribution in [3.8, 4) is 5.75 Å². The third-order valence-electron chi connectivity index (χ3n) is 3.12. The molecule has 2 rings (SSSR count). The highest BCUT2D eigenvalue weighted by molar-refractivity contribution is 5.67. The van der Waals surface area contributed by atoms with Crippen LogP contribution < -0.4 is 5.32 Å². The van der Waals surface area contributed by atoms with Crippen LogP contribution in [0.15, 0.2) is 48.8 Å². The molecule has 0 aliphatic rings. The van der Waals surface area contributed by atoms with E-state index in [4.69, 9.17) is 4.74 Å². The third-order valence-corrected chi connectivity index (χ3v) is 3.12. The van der Waals surface area contributed by atoms with E-state index < -0.39 is 18.3 Å². The minimum absolute atomic E-state index is 0.113. The number of aliphatic hydroxyl groups is 2. The van der Waals surface area contributed by atoms with E-state index in [0.717, 1.165) is 5.56 Å². The lowest BCUT2D eigenvalue weighted by Crippen LogP contribution is -2.35. The summed E-state index contributed by atoms with van der Waals surface area (Å²) in [6.45, 7) is -0.0910. The molecule has 23 heavy (non-hydrogen) atoms. The second kappa shape index (κ2) is 8.11. The first-order valence-electron chi connectivity index (χ1n) is 7.01. The summed E-state index contributed by atoms with van der Waals surface area (Å²) in [6, 6.07) is 10.5. The monoisotopic (exact) mass is 318 g/mol. The van der Waals surface area contributed by atoms with Crippen LogP contribution in [0, 0.1) is 0 Å². The summed E-state index contributed by atoms with van der Waals surface area (Å²) in [6.07, 6.45) is -0.718. The molecule has 0 aliphatic carbocycles. The molecular formula is C16H18N2O5. The number of nitrogens with one attached hydrogen (secondary N) is 1. The van der Waals surface area contributed by atoms with E-state index in [1.54, 1.807) is 0 Å². The Labute approximate surface area is 133 Å². The van der Waals surface area contributed by atoms with E-state index in [1.165, 1.54) is 18.5 Å². The van der Waals surface area contributed by atoms with Crippen molar-refractivity contribution in [2.24, 2.45) is 0 Å². The summed E-state index contributed by atoms with van der Waals surface area (Å²) in [5.41, 5.74) is 1.09. The molecule has 1 aromatic heterocycles. The predicted molar refractivity (Wildman–Crippen MR) is 81.5 cm³/mol. The second-order valence-corrected chi connectivity index (χ2v) is 4.93. The number of aromatic nitrogens is 1. The maximum Gasteiger partial charge on any atom is 0.407 e. The summed E-state index contributed by atoms with van der Waals surface area (Å²) in [7, 11) is 0. The van der Waals surface area contributed by atoms with Crippen LogP contribution in [-0.2, 0) is 11.3 Å². The van der Waals surface area contributed by atoms with Gasteiger partial charge in [-0.25, -0.2) is 4.79 Å². The number of pyridine rings is 1. The minimum Gasteiger partial charge on any atom is -0.506 e. The van der Waals surface area contributed by atoms with Crippen LogP contribution in [0.25, 0.3) is 0 Å². The van der Waals surface area contributed by atoms with E-state index in [0.29, 0.717) is 0 Å². The van der Waals surface area contributed by atoms with Crippen LogP contribution in [0.3, 0.4) is 0 Å². The second-order valence-electron chi connectivity index (χ2n) is 4.93. The third kappa shape index (κ3) is 5.24. The zero-order valence-electron chi connectivity index (χ0n) is 12.3. The van der Waals surface area contributed by atoms with E-state index >= 15 is 0 Å². The zero-order chi connectivity index (χ0) is 16.7. The molecule has 7 nitrogen and oxygen atoms in total. The van der Waals surface area contributed by atoms with Crippen LogP contribution in [-0.4, -0.2) is 39.0 Å². The largest absolute Gasteiger partial charge is 0.506 e. The molecule has 0 fully saturated rings. The molecule has 2 atom stereocenters. The van der Waals surface area contributed by atoms with Crippen LogP contribution >= 0.6 is 0 Å². The normalized spacial score (nSPS) is 13.1.